The molecule has 0 saturated carbocycles. The molecule has 2 heterocycles. The summed E-state index contributed by atoms with van der Waals surface area (Å²) in [7, 11) is 0. The molecule has 110 valence electrons. The average Bonchev–Trinajstić information content (AvgIpc) is 2.83. The van der Waals surface area contributed by atoms with Gasteiger partial charge in [0.15, 0.2) is 0 Å². The number of carbonyl (C=O) groups is 2. The van der Waals surface area contributed by atoms with Gasteiger partial charge in [-0.25, -0.2) is 0 Å². The smallest absolute Gasteiger partial charge is 0.245 e. The van der Waals surface area contributed by atoms with Crippen LogP contribution in [0.3, 0.4) is 0 Å². The zero-order chi connectivity index (χ0) is 15.0. The number of carbonyl (C=O) groups excluding carboxylic acids is 2. The fourth-order valence-corrected chi connectivity index (χ4v) is 3.00. The summed E-state index contributed by atoms with van der Waals surface area (Å²) in [6.45, 7) is 4.44. The molecule has 1 aliphatic heterocycles. The highest BCUT2D eigenvalue weighted by Gasteiger charge is 2.27. The maximum atomic E-state index is 12.4. The second-order valence-electron chi connectivity index (χ2n) is 5.56. The lowest BCUT2D eigenvalue weighted by molar-refractivity contribution is -0.136. The van der Waals surface area contributed by atoms with Crippen molar-refractivity contribution in [3.63, 3.8) is 0 Å². The minimum absolute atomic E-state index is 0.0267. The largest absolute Gasteiger partial charge is 0.358 e. The van der Waals surface area contributed by atoms with Crippen LogP contribution in [0.15, 0.2) is 24.3 Å². The molecule has 0 aliphatic carbocycles. The molecule has 1 aromatic heterocycles. The van der Waals surface area contributed by atoms with E-state index in [2.05, 4.69) is 22.4 Å². The van der Waals surface area contributed by atoms with E-state index in [1.165, 1.54) is 23.6 Å². The Morgan fingerprint density at radius 3 is 2.86 bits per heavy atom. The Labute approximate surface area is 123 Å². The van der Waals surface area contributed by atoms with Crippen molar-refractivity contribution in [1.29, 1.82) is 0 Å². The summed E-state index contributed by atoms with van der Waals surface area (Å²) in [5.41, 5.74) is 3.53. The van der Waals surface area contributed by atoms with Crippen LogP contribution < -0.4 is 5.32 Å². The highest BCUT2D eigenvalue weighted by molar-refractivity contribution is 5.88. The zero-order valence-electron chi connectivity index (χ0n) is 12.3. The van der Waals surface area contributed by atoms with Crippen LogP contribution in [0.5, 0.6) is 0 Å². The van der Waals surface area contributed by atoms with Gasteiger partial charge in [-0.3, -0.25) is 9.59 Å². The Bertz CT molecular complexity index is 705. The van der Waals surface area contributed by atoms with E-state index in [9.17, 15) is 9.59 Å². The third-order valence-electron chi connectivity index (χ3n) is 3.98. The molecular formula is C16H19N3O2. The molecule has 1 aliphatic rings. The lowest BCUT2D eigenvalue weighted by atomic mass is 10.0. The van der Waals surface area contributed by atoms with E-state index in [0.29, 0.717) is 13.1 Å². The molecule has 1 aromatic carbocycles. The number of rotatable bonds is 2. The van der Waals surface area contributed by atoms with Crippen molar-refractivity contribution in [1.82, 2.24) is 15.2 Å². The lowest BCUT2D eigenvalue weighted by Crippen LogP contribution is -2.47. The highest BCUT2D eigenvalue weighted by atomic mass is 16.2. The number of H-pyrrole nitrogens is 1. The molecule has 0 fully saturated rings. The minimum Gasteiger partial charge on any atom is -0.358 e. The molecular weight excluding hydrogens is 266 g/mol. The number of fused-ring (bicyclic) bond motifs is 3. The monoisotopic (exact) mass is 285 g/mol. The number of hydrogen-bond donors (Lipinski definition) is 2. The van der Waals surface area contributed by atoms with E-state index >= 15 is 0 Å². The molecule has 0 unspecified atom stereocenters. The fourth-order valence-electron chi connectivity index (χ4n) is 3.00. The van der Waals surface area contributed by atoms with Gasteiger partial charge in [0.25, 0.3) is 0 Å². The van der Waals surface area contributed by atoms with Gasteiger partial charge in [0, 0.05) is 48.6 Å². The van der Waals surface area contributed by atoms with E-state index < -0.39 is 6.04 Å². The quantitative estimate of drug-likeness (QED) is 0.880. The molecule has 3 rings (SSSR count). The summed E-state index contributed by atoms with van der Waals surface area (Å²) in [5, 5.41) is 3.83. The first-order chi connectivity index (χ1) is 10.1. The Balaban J connectivity index is 1.83. The minimum atomic E-state index is -0.478. The van der Waals surface area contributed by atoms with Crippen LogP contribution >= 0.6 is 0 Å². The Morgan fingerprint density at radius 2 is 2.10 bits per heavy atom. The predicted octanol–water partition coefficient (Wildman–Crippen LogP) is 1.58. The molecule has 0 radical (unpaired) electrons. The predicted molar refractivity (Wildman–Crippen MR) is 80.7 cm³/mol. The van der Waals surface area contributed by atoms with Crippen molar-refractivity contribution in [2.24, 2.45) is 0 Å². The molecule has 1 atom stereocenters. The number of amides is 2. The van der Waals surface area contributed by atoms with E-state index in [1.54, 1.807) is 6.92 Å². The summed E-state index contributed by atoms with van der Waals surface area (Å²) in [6, 6.07) is 7.67. The zero-order valence-corrected chi connectivity index (χ0v) is 12.3. The number of nitrogens with one attached hydrogen (secondary N) is 2. The number of hydrogen-bond acceptors (Lipinski definition) is 2. The first kappa shape index (κ1) is 13.7. The van der Waals surface area contributed by atoms with Gasteiger partial charge in [0.2, 0.25) is 11.8 Å². The van der Waals surface area contributed by atoms with Gasteiger partial charge >= 0.3 is 0 Å². The van der Waals surface area contributed by atoms with Crippen LogP contribution in [0.4, 0.5) is 0 Å². The van der Waals surface area contributed by atoms with E-state index in [-0.39, 0.29) is 11.8 Å². The van der Waals surface area contributed by atoms with Gasteiger partial charge < -0.3 is 15.2 Å². The second-order valence-corrected chi connectivity index (χ2v) is 5.56. The topological polar surface area (TPSA) is 65.2 Å². The lowest BCUT2D eigenvalue weighted by Gasteiger charge is -2.29. The number of aromatic nitrogens is 1. The number of para-hydroxylation sites is 1. The van der Waals surface area contributed by atoms with Crippen molar-refractivity contribution >= 4 is 22.7 Å². The van der Waals surface area contributed by atoms with Gasteiger partial charge in [-0.1, -0.05) is 18.2 Å². The Hall–Kier alpha value is -2.30. The van der Waals surface area contributed by atoms with Crippen molar-refractivity contribution in [2.75, 3.05) is 6.54 Å². The van der Waals surface area contributed by atoms with Crippen LogP contribution in [0.2, 0.25) is 0 Å². The van der Waals surface area contributed by atoms with Crippen LogP contribution in [0.1, 0.15) is 25.1 Å². The summed E-state index contributed by atoms with van der Waals surface area (Å²) in [4.78, 5) is 28.7. The molecule has 2 amide bonds. The van der Waals surface area contributed by atoms with Crippen LogP contribution in [0, 0.1) is 0 Å². The van der Waals surface area contributed by atoms with Gasteiger partial charge in [0.1, 0.15) is 6.04 Å². The number of benzene rings is 1. The molecule has 2 N–H and O–H groups in total. The van der Waals surface area contributed by atoms with E-state index in [1.807, 2.05) is 17.0 Å². The molecule has 0 spiro atoms. The van der Waals surface area contributed by atoms with Gasteiger partial charge in [-0.15, -0.1) is 0 Å². The van der Waals surface area contributed by atoms with Crippen molar-refractivity contribution < 1.29 is 9.59 Å². The molecule has 5 nitrogen and oxygen atoms in total. The summed E-state index contributed by atoms with van der Waals surface area (Å²) >= 11 is 0. The molecule has 2 aromatic rings. The number of aromatic amines is 1. The maximum absolute atomic E-state index is 12.4. The van der Waals surface area contributed by atoms with E-state index in [0.717, 1.165) is 11.9 Å². The third kappa shape index (κ3) is 2.51. The Morgan fingerprint density at radius 1 is 1.33 bits per heavy atom. The molecule has 5 heteroatoms. The van der Waals surface area contributed by atoms with Crippen LogP contribution in [-0.2, 0) is 22.6 Å². The molecule has 0 saturated heterocycles. The van der Waals surface area contributed by atoms with E-state index in [4.69, 9.17) is 0 Å². The van der Waals surface area contributed by atoms with Crippen LogP contribution in [0.25, 0.3) is 10.9 Å². The Kier molecular flexibility index (Phi) is 3.41. The average molecular weight is 285 g/mol. The number of nitrogens with zero attached hydrogens (tertiary/aromatic N) is 1. The summed E-state index contributed by atoms with van der Waals surface area (Å²) < 4.78 is 0. The SMILES string of the molecule is CC(=O)N[C@H](C)C(=O)N1CCc2[nH]c3ccccc3c2C1. The molecule has 21 heavy (non-hydrogen) atoms. The summed E-state index contributed by atoms with van der Waals surface area (Å²) in [5.74, 6) is -0.207. The standard InChI is InChI=1S/C16H19N3O2/c1-10(17-11(2)20)16(21)19-8-7-15-13(9-19)12-5-3-4-6-14(12)18-15/h3-6,10,18H,7-9H2,1-2H3,(H,17,20)/t10-/m1/s1. The van der Waals surface area contributed by atoms with Crippen LogP contribution in [-0.4, -0.2) is 34.3 Å². The molecule has 0 bridgehead atoms. The van der Waals surface area contributed by atoms with Gasteiger partial charge in [-0.05, 0) is 13.0 Å². The van der Waals surface area contributed by atoms with Gasteiger partial charge in [-0.2, -0.15) is 0 Å². The second kappa shape index (κ2) is 5.24. The highest BCUT2D eigenvalue weighted by Crippen LogP contribution is 2.27. The van der Waals surface area contributed by atoms with Crippen molar-refractivity contribution in [2.45, 2.75) is 32.9 Å². The van der Waals surface area contributed by atoms with Crippen molar-refractivity contribution in [3.05, 3.63) is 35.5 Å². The van der Waals surface area contributed by atoms with Crippen molar-refractivity contribution in [3.8, 4) is 0 Å². The first-order valence-corrected chi connectivity index (χ1v) is 7.20. The first-order valence-electron chi connectivity index (χ1n) is 7.20. The fraction of sp³-hybridized carbons (Fsp3) is 0.375. The van der Waals surface area contributed by atoms with Gasteiger partial charge in [0.05, 0.1) is 0 Å². The normalized spacial score (nSPS) is 15.6. The third-order valence-corrected chi connectivity index (χ3v) is 3.98. The maximum Gasteiger partial charge on any atom is 0.245 e. The summed E-state index contributed by atoms with van der Waals surface area (Å²) in [6.07, 6.45) is 0.822.